The van der Waals surface area contributed by atoms with Gasteiger partial charge in [-0.05, 0) is 24.6 Å². The van der Waals surface area contributed by atoms with E-state index in [0.29, 0.717) is 5.75 Å². The molecule has 0 aromatic heterocycles. The van der Waals surface area contributed by atoms with Crippen molar-refractivity contribution in [3.05, 3.63) is 29.8 Å². The number of ether oxygens (including phenoxy) is 2. The third kappa shape index (κ3) is 2.27. The third-order valence-electron chi connectivity index (χ3n) is 1.36. The molecule has 0 saturated heterocycles. The highest BCUT2D eigenvalue weighted by molar-refractivity contribution is 5.63. The molecule has 0 radical (unpaired) electrons. The summed E-state index contributed by atoms with van der Waals surface area (Å²) in [6.45, 7) is 1.92. The molecule has 0 heterocycles. The Morgan fingerprint density at radius 3 is 2.75 bits per heavy atom. The van der Waals surface area contributed by atoms with E-state index < -0.39 is 6.16 Å². The molecular formula is C9H10O3. The van der Waals surface area contributed by atoms with E-state index in [9.17, 15) is 4.79 Å². The number of benzene rings is 1. The second kappa shape index (κ2) is 3.76. The van der Waals surface area contributed by atoms with Crippen molar-refractivity contribution in [3.8, 4) is 5.75 Å². The maximum atomic E-state index is 10.6. The molecule has 12 heavy (non-hydrogen) atoms. The van der Waals surface area contributed by atoms with Crippen molar-refractivity contribution in [3.63, 3.8) is 0 Å². The number of rotatable bonds is 1. The van der Waals surface area contributed by atoms with E-state index >= 15 is 0 Å². The van der Waals surface area contributed by atoms with E-state index in [-0.39, 0.29) is 0 Å². The third-order valence-corrected chi connectivity index (χ3v) is 1.36. The standard InChI is InChI=1S/C9H10O3/c1-7-4-3-5-8(6-7)12-9(10)11-2/h3-6H,1-2H3. The normalized spacial score (nSPS) is 9.17. The fourth-order valence-electron chi connectivity index (χ4n) is 0.817. The van der Waals surface area contributed by atoms with E-state index in [1.54, 1.807) is 12.1 Å². The van der Waals surface area contributed by atoms with Gasteiger partial charge in [0.05, 0.1) is 7.11 Å². The van der Waals surface area contributed by atoms with Crippen molar-refractivity contribution < 1.29 is 14.3 Å². The number of carbonyl (C=O) groups excluding carboxylic acids is 1. The largest absolute Gasteiger partial charge is 0.513 e. The molecule has 3 heteroatoms. The van der Waals surface area contributed by atoms with Crippen LogP contribution < -0.4 is 4.74 Å². The van der Waals surface area contributed by atoms with Crippen molar-refractivity contribution in [2.75, 3.05) is 7.11 Å². The van der Waals surface area contributed by atoms with Gasteiger partial charge >= 0.3 is 6.16 Å². The first kappa shape index (κ1) is 8.59. The van der Waals surface area contributed by atoms with Crippen LogP contribution in [0.5, 0.6) is 5.75 Å². The summed E-state index contributed by atoms with van der Waals surface area (Å²) >= 11 is 0. The first-order valence-electron chi connectivity index (χ1n) is 3.55. The predicted molar refractivity (Wildman–Crippen MR) is 44.2 cm³/mol. The van der Waals surface area contributed by atoms with Crippen LogP contribution in [0, 0.1) is 6.92 Å². The lowest BCUT2D eigenvalue weighted by molar-refractivity contribution is 0.121. The van der Waals surface area contributed by atoms with E-state index in [2.05, 4.69) is 4.74 Å². The Bertz CT molecular complexity index is 281. The predicted octanol–water partition coefficient (Wildman–Crippen LogP) is 2.14. The lowest BCUT2D eigenvalue weighted by atomic mass is 10.2. The molecule has 0 N–H and O–H groups in total. The van der Waals surface area contributed by atoms with Crippen LogP contribution >= 0.6 is 0 Å². The first-order chi connectivity index (χ1) is 5.72. The van der Waals surface area contributed by atoms with Crippen molar-refractivity contribution >= 4 is 6.16 Å². The lowest BCUT2D eigenvalue weighted by Crippen LogP contribution is -2.06. The van der Waals surface area contributed by atoms with Crippen LogP contribution in [0.3, 0.4) is 0 Å². The van der Waals surface area contributed by atoms with Gasteiger partial charge in [0.2, 0.25) is 0 Å². The van der Waals surface area contributed by atoms with Gasteiger partial charge in [-0.25, -0.2) is 4.79 Å². The number of aryl methyl sites for hydroxylation is 1. The molecule has 0 spiro atoms. The molecule has 1 aromatic rings. The van der Waals surface area contributed by atoms with Gasteiger partial charge in [-0.15, -0.1) is 0 Å². The molecule has 0 bridgehead atoms. The smallest absolute Gasteiger partial charge is 0.437 e. The molecule has 0 saturated carbocycles. The highest BCUT2D eigenvalue weighted by atomic mass is 16.7. The zero-order valence-electron chi connectivity index (χ0n) is 7.03. The van der Waals surface area contributed by atoms with Gasteiger partial charge in [0.25, 0.3) is 0 Å². The van der Waals surface area contributed by atoms with E-state index in [0.717, 1.165) is 5.56 Å². The summed E-state index contributed by atoms with van der Waals surface area (Å²) in [5.74, 6) is 0.502. The maximum Gasteiger partial charge on any atom is 0.513 e. The molecule has 0 aliphatic heterocycles. The molecule has 1 rings (SSSR count). The van der Waals surface area contributed by atoms with Gasteiger partial charge in [-0.2, -0.15) is 0 Å². The topological polar surface area (TPSA) is 35.5 Å². The quantitative estimate of drug-likeness (QED) is 0.473. The van der Waals surface area contributed by atoms with Crippen molar-refractivity contribution in [1.29, 1.82) is 0 Å². The summed E-state index contributed by atoms with van der Waals surface area (Å²) in [6.07, 6.45) is -0.694. The second-order valence-corrected chi connectivity index (χ2v) is 2.37. The Morgan fingerprint density at radius 1 is 1.42 bits per heavy atom. The van der Waals surface area contributed by atoms with Crippen LogP contribution in [0.2, 0.25) is 0 Å². The van der Waals surface area contributed by atoms with Gasteiger partial charge in [0.15, 0.2) is 0 Å². The van der Waals surface area contributed by atoms with Crippen molar-refractivity contribution in [1.82, 2.24) is 0 Å². The number of carbonyl (C=O) groups is 1. The van der Waals surface area contributed by atoms with Gasteiger partial charge in [-0.1, -0.05) is 12.1 Å². The summed E-state index contributed by atoms with van der Waals surface area (Å²) in [7, 11) is 1.28. The van der Waals surface area contributed by atoms with Crippen LogP contribution in [0.15, 0.2) is 24.3 Å². The molecule has 64 valence electrons. The van der Waals surface area contributed by atoms with Crippen molar-refractivity contribution in [2.24, 2.45) is 0 Å². The molecule has 0 amide bonds. The molecule has 0 aliphatic rings. The fourth-order valence-corrected chi connectivity index (χ4v) is 0.817. The molecular weight excluding hydrogens is 156 g/mol. The van der Waals surface area contributed by atoms with Gasteiger partial charge in [-0.3, -0.25) is 0 Å². The average molecular weight is 166 g/mol. The zero-order chi connectivity index (χ0) is 8.97. The number of hydrogen-bond acceptors (Lipinski definition) is 3. The summed E-state index contributed by atoms with van der Waals surface area (Å²) < 4.78 is 9.12. The Kier molecular flexibility index (Phi) is 2.69. The Hall–Kier alpha value is -1.51. The second-order valence-electron chi connectivity index (χ2n) is 2.37. The lowest BCUT2D eigenvalue weighted by Gasteiger charge is -2.01. The molecule has 0 aliphatic carbocycles. The SMILES string of the molecule is COC(=O)Oc1cccc(C)c1. The van der Waals surface area contributed by atoms with Crippen LogP contribution in [-0.4, -0.2) is 13.3 Å². The molecule has 0 unspecified atom stereocenters. The number of methoxy groups -OCH3 is 1. The summed E-state index contributed by atoms with van der Waals surface area (Å²) in [5, 5.41) is 0. The van der Waals surface area contributed by atoms with Crippen LogP contribution in [0.1, 0.15) is 5.56 Å². The van der Waals surface area contributed by atoms with Crippen LogP contribution in [0.25, 0.3) is 0 Å². The monoisotopic (exact) mass is 166 g/mol. The minimum atomic E-state index is -0.694. The fraction of sp³-hybridized carbons (Fsp3) is 0.222. The van der Waals surface area contributed by atoms with E-state index in [4.69, 9.17) is 4.74 Å². The maximum absolute atomic E-state index is 10.6. The Morgan fingerprint density at radius 2 is 2.17 bits per heavy atom. The Balaban J connectivity index is 2.69. The molecule has 0 fully saturated rings. The average Bonchev–Trinajstić information content (AvgIpc) is 2.04. The van der Waals surface area contributed by atoms with Crippen molar-refractivity contribution in [2.45, 2.75) is 6.92 Å². The van der Waals surface area contributed by atoms with Gasteiger partial charge in [0, 0.05) is 0 Å². The minimum absolute atomic E-state index is 0.502. The van der Waals surface area contributed by atoms with E-state index in [1.165, 1.54) is 7.11 Å². The number of hydrogen-bond donors (Lipinski definition) is 0. The van der Waals surface area contributed by atoms with Gasteiger partial charge in [0.1, 0.15) is 5.75 Å². The van der Waals surface area contributed by atoms with E-state index in [1.807, 2.05) is 19.1 Å². The molecule has 1 aromatic carbocycles. The van der Waals surface area contributed by atoms with Crippen LogP contribution in [-0.2, 0) is 4.74 Å². The van der Waals surface area contributed by atoms with Gasteiger partial charge < -0.3 is 9.47 Å². The summed E-state index contributed by atoms with van der Waals surface area (Å²) in [6, 6.07) is 7.19. The first-order valence-corrected chi connectivity index (χ1v) is 3.55. The highest BCUT2D eigenvalue weighted by Gasteiger charge is 2.01. The summed E-state index contributed by atoms with van der Waals surface area (Å²) in [5.41, 5.74) is 1.04. The molecule has 3 nitrogen and oxygen atoms in total. The Labute approximate surface area is 70.9 Å². The van der Waals surface area contributed by atoms with Crippen LogP contribution in [0.4, 0.5) is 4.79 Å². The molecule has 0 atom stereocenters. The summed E-state index contributed by atoms with van der Waals surface area (Å²) in [4.78, 5) is 10.6. The highest BCUT2D eigenvalue weighted by Crippen LogP contribution is 2.12. The zero-order valence-corrected chi connectivity index (χ0v) is 7.03. The minimum Gasteiger partial charge on any atom is -0.437 e.